The van der Waals surface area contributed by atoms with Crippen LogP contribution in [0.2, 0.25) is 0 Å². The van der Waals surface area contributed by atoms with Gasteiger partial charge >= 0.3 is 0 Å². The third kappa shape index (κ3) is 1.27. The van der Waals surface area contributed by atoms with Crippen LogP contribution in [0.15, 0.2) is 16.2 Å². The smallest absolute Gasteiger partial charge is 0.144 e. The normalized spacial score (nSPS) is 10.5. The molecule has 0 aliphatic carbocycles. The van der Waals surface area contributed by atoms with Crippen LogP contribution in [0.3, 0.4) is 0 Å². The molecule has 12 heavy (non-hydrogen) atoms. The minimum atomic E-state index is 0.851. The van der Waals surface area contributed by atoms with Crippen LogP contribution in [-0.2, 0) is 7.05 Å². The van der Waals surface area contributed by atoms with Gasteiger partial charge in [-0.2, -0.15) is 0 Å². The summed E-state index contributed by atoms with van der Waals surface area (Å²) in [7, 11) is 1.84. The molecule has 0 saturated carbocycles. The Morgan fingerprint density at radius 1 is 1.58 bits per heavy atom. The number of aryl methyl sites for hydroxylation is 1. The van der Waals surface area contributed by atoms with Crippen LogP contribution < -0.4 is 0 Å². The number of aromatic nitrogens is 4. The molecule has 0 unspecified atom stereocenters. The van der Waals surface area contributed by atoms with Gasteiger partial charge in [0.25, 0.3) is 0 Å². The van der Waals surface area contributed by atoms with Crippen LogP contribution in [0, 0.1) is 0 Å². The van der Waals surface area contributed by atoms with Crippen molar-refractivity contribution in [2.24, 2.45) is 7.05 Å². The fourth-order valence-electron chi connectivity index (χ4n) is 0.855. The van der Waals surface area contributed by atoms with Crippen molar-refractivity contribution in [3.8, 4) is 10.7 Å². The Morgan fingerprint density at radius 3 is 2.92 bits per heavy atom. The maximum Gasteiger partial charge on any atom is 0.144 e. The molecule has 2 aromatic heterocycles. The lowest BCUT2D eigenvalue weighted by Gasteiger charge is -1.92. The van der Waals surface area contributed by atoms with E-state index in [4.69, 9.17) is 0 Å². The number of rotatable bonds is 1. The molecular weight excluding hydrogens is 240 g/mol. The van der Waals surface area contributed by atoms with Crippen molar-refractivity contribution in [1.29, 1.82) is 0 Å². The highest BCUT2D eigenvalue weighted by atomic mass is 79.9. The summed E-state index contributed by atoms with van der Waals surface area (Å²) in [4.78, 5) is 4.25. The van der Waals surface area contributed by atoms with Gasteiger partial charge in [0.05, 0.1) is 6.20 Å². The van der Waals surface area contributed by atoms with E-state index in [-0.39, 0.29) is 0 Å². The summed E-state index contributed by atoms with van der Waals surface area (Å²) in [5.74, 6) is 0. The van der Waals surface area contributed by atoms with E-state index in [0.717, 1.165) is 15.3 Å². The fraction of sp³-hybridized carbons (Fsp3) is 0.167. The van der Waals surface area contributed by atoms with Gasteiger partial charge in [-0.1, -0.05) is 5.21 Å². The molecule has 0 N–H and O–H groups in total. The average molecular weight is 245 g/mol. The zero-order chi connectivity index (χ0) is 8.55. The molecule has 0 amide bonds. The molecule has 0 saturated heterocycles. The van der Waals surface area contributed by atoms with Gasteiger partial charge in [-0.15, -0.1) is 16.4 Å². The van der Waals surface area contributed by atoms with E-state index in [1.54, 1.807) is 22.2 Å². The van der Waals surface area contributed by atoms with Gasteiger partial charge < -0.3 is 0 Å². The van der Waals surface area contributed by atoms with Crippen LogP contribution in [0.25, 0.3) is 10.7 Å². The molecule has 0 radical (unpaired) electrons. The number of hydrogen-bond donors (Lipinski definition) is 0. The van der Waals surface area contributed by atoms with Gasteiger partial charge in [-0.25, -0.2) is 9.67 Å². The predicted molar refractivity (Wildman–Crippen MR) is 49.8 cm³/mol. The van der Waals surface area contributed by atoms with Gasteiger partial charge in [-0.3, -0.25) is 0 Å². The first kappa shape index (κ1) is 7.88. The average Bonchev–Trinajstić information content (AvgIpc) is 2.58. The lowest BCUT2D eigenvalue weighted by atomic mass is 10.5. The second-order valence-electron chi connectivity index (χ2n) is 2.22. The van der Waals surface area contributed by atoms with E-state index in [1.807, 2.05) is 12.4 Å². The van der Waals surface area contributed by atoms with Crippen molar-refractivity contribution < 1.29 is 0 Å². The minimum Gasteiger partial charge on any atom is -0.245 e. The van der Waals surface area contributed by atoms with Gasteiger partial charge in [0.2, 0.25) is 0 Å². The van der Waals surface area contributed by atoms with Crippen LogP contribution >= 0.6 is 27.3 Å². The summed E-state index contributed by atoms with van der Waals surface area (Å²) in [6, 6.07) is 0. The van der Waals surface area contributed by atoms with Gasteiger partial charge in [-0.05, 0) is 15.9 Å². The van der Waals surface area contributed by atoms with Crippen molar-refractivity contribution in [2.75, 3.05) is 0 Å². The van der Waals surface area contributed by atoms with Crippen LogP contribution in [0.1, 0.15) is 0 Å². The van der Waals surface area contributed by atoms with Crippen molar-refractivity contribution in [2.45, 2.75) is 0 Å². The summed E-state index contributed by atoms with van der Waals surface area (Å²) >= 11 is 4.85. The first-order valence-corrected chi connectivity index (χ1v) is 4.91. The lowest BCUT2D eigenvalue weighted by Crippen LogP contribution is -1.92. The zero-order valence-electron chi connectivity index (χ0n) is 6.23. The Hall–Kier alpha value is -0.750. The summed E-state index contributed by atoms with van der Waals surface area (Å²) in [5.41, 5.74) is 0.936. The summed E-state index contributed by atoms with van der Waals surface area (Å²) in [6.45, 7) is 0. The topological polar surface area (TPSA) is 43.6 Å². The highest BCUT2D eigenvalue weighted by Gasteiger charge is 2.06. The molecule has 4 nitrogen and oxygen atoms in total. The van der Waals surface area contributed by atoms with E-state index < -0.39 is 0 Å². The maximum atomic E-state index is 4.25. The standard InChI is InChI=1S/C6H5BrN4S/c1-11-4(2-8-10-11)6-9-5(7)3-12-6/h2-3H,1H3. The summed E-state index contributed by atoms with van der Waals surface area (Å²) < 4.78 is 2.55. The highest BCUT2D eigenvalue weighted by Crippen LogP contribution is 2.24. The van der Waals surface area contributed by atoms with Crippen molar-refractivity contribution in [3.05, 3.63) is 16.2 Å². The molecular formula is C6H5BrN4S. The summed E-state index contributed by atoms with van der Waals surface area (Å²) in [5, 5.41) is 10.5. The Labute approximate surface area is 81.4 Å². The number of thiazole rings is 1. The molecule has 0 atom stereocenters. The van der Waals surface area contributed by atoms with Crippen molar-refractivity contribution >= 4 is 27.3 Å². The Kier molecular flexibility index (Phi) is 1.93. The molecule has 6 heteroatoms. The van der Waals surface area contributed by atoms with Crippen LogP contribution in [0.4, 0.5) is 0 Å². The Bertz CT molecular complexity index is 394. The number of hydrogen-bond acceptors (Lipinski definition) is 4. The maximum absolute atomic E-state index is 4.25. The fourth-order valence-corrected chi connectivity index (χ4v) is 2.15. The van der Waals surface area contributed by atoms with E-state index in [2.05, 4.69) is 31.2 Å². The van der Waals surface area contributed by atoms with Crippen molar-refractivity contribution in [3.63, 3.8) is 0 Å². The second kappa shape index (κ2) is 2.95. The van der Waals surface area contributed by atoms with Crippen LogP contribution in [-0.4, -0.2) is 20.0 Å². The molecule has 2 rings (SSSR count). The molecule has 0 aliphatic rings. The van der Waals surface area contributed by atoms with Gasteiger partial charge in [0, 0.05) is 12.4 Å². The van der Waals surface area contributed by atoms with Crippen LogP contribution in [0.5, 0.6) is 0 Å². The Morgan fingerprint density at radius 2 is 2.42 bits per heavy atom. The first-order valence-electron chi connectivity index (χ1n) is 3.23. The molecule has 62 valence electrons. The molecule has 2 aromatic rings. The number of halogens is 1. The molecule has 2 heterocycles. The van der Waals surface area contributed by atoms with E-state index in [0.29, 0.717) is 0 Å². The molecule has 0 aliphatic heterocycles. The molecule has 0 spiro atoms. The monoisotopic (exact) mass is 244 g/mol. The largest absolute Gasteiger partial charge is 0.245 e. The lowest BCUT2D eigenvalue weighted by molar-refractivity contribution is 0.720. The quantitative estimate of drug-likeness (QED) is 0.768. The minimum absolute atomic E-state index is 0.851. The first-order chi connectivity index (χ1) is 5.77. The highest BCUT2D eigenvalue weighted by molar-refractivity contribution is 9.10. The van der Waals surface area contributed by atoms with Gasteiger partial charge in [0.1, 0.15) is 15.3 Å². The molecule has 0 aromatic carbocycles. The van der Waals surface area contributed by atoms with Crippen molar-refractivity contribution in [1.82, 2.24) is 20.0 Å². The van der Waals surface area contributed by atoms with E-state index in [1.165, 1.54) is 0 Å². The number of nitrogens with zero attached hydrogens (tertiary/aromatic N) is 4. The zero-order valence-corrected chi connectivity index (χ0v) is 8.63. The molecule has 0 bridgehead atoms. The van der Waals surface area contributed by atoms with E-state index >= 15 is 0 Å². The second-order valence-corrected chi connectivity index (χ2v) is 3.89. The van der Waals surface area contributed by atoms with E-state index in [9.17, 15) is 0 Å². The SMILES string of the molecule is Cn1nncc1-c1nc(Br)cs1. The molecule has 0 fully saturated rings. The third-order valence-corrected chi connectivity index (χ3v) is 2.98. The third-order valence-electron chi connectivity index (χ3n) is 1.41. The van der Waals surface area contributed by atoms with Gasteiger partial charge in [0.15, 0.2) is 0 Å². The predicted octanol–water partition coefficient (Wildman–Crippen LogP) is 1.70. The Balaban J connectivity index is 2.50. The summed E-state index contributed by atoms with van der Waals surface area (Å²) in [6.07, 6.45) is 1.70.